The van der Waals surface area contributed by atoms with E-state index in [1.807, 2.05) is 24.3 Å². The van der Waals surface area contributed by atoms with Crippen molar-refractivity contribution in [2.24, 2.45) is 5.41 Å². The van der Waals surface area contributed by atoms with Crippen LogP contribution in [0.15, 0.2) is 24.3 Å². The predicted molar refractivity (Wildman–Crippen MR) is 79.3 cm³/mol. The van der Waals surface area contributed by atoms with Gasteiger partial charge in [0.1, 0.15) is 5.75 Å². The van der Waals surface area contributed by atoms with Gasteiger partial charge in [-0.3, -0.25) is 4.79 Å². The molecular formula is C16H21NO3. The van der Waals surface area contributed by atoms with Gasteiger partial charge < -0.3 is 14.4 Å². The number of aryl methyl sites for hydroxylation is 1. The van der Waals surface area contributed by atoms with Crippen LogP contribution < -0.4 is 4.74 Å². The number of hydrogen-bond donors (Lipinski definition) is 1. The minimum Gasteiger partial charge on any atom is -0.496 e. The van der Waals surface area contributed by atoms with Crippen molar-refractivity contribution in [3.63, 3.8) is 0 Å². The molecular weight excluding hydrogens is 254 g/mol. The second-order valence-electron chi connectivity index (χ2n) is 5.64. The van der Waals surface area contributed by atoms with Gasteiger partial charge in [0.2, 0.25) is 0 Å². The van der Waals surface area contributed by atoms with E-state index >= 15 is 0 Å². The summed E-state index contributed by atoms with van der Waals surface area (Å²) in [6, 6.07) is 7.97. The Labute approximate surface area is 119 Å². The Morgan fingerprint density at radius 2 is 2.10 bits per heavy atom. The van der Waals surface area contributed by atoms with Crippen molar-refractivity contribution in [3.8, 4) is 5.75 Å². The third-order valence-electron chi connectivity index (χ3n) is 3.73. The van der Waals surface area contributed by atoms with Gasteiger partial charge in [-0.05, 0) is 39.0 Å². The second-order valence-corrected chi connectivity index (χ2v) is 5.64. The number of carboxylic acid groups (broad SMARTS) is 1. The molecule has 4 nitrogen and oxygen atoms in total. The smallest absolute Gasteiger partial charge is 0.309 e. The Kier molecular flexibility index (Phi) is 3.75. The summed E-state index contributed by atoms with van der Waals surface area (Å²) in [7, 11) is 1.65. The van der Waals surface area contributed by atoms with Crippen molar-refractivity contribution >= 4 is 16.9 Å². The van der Waals surface area contributed by atoms with E-state index in [9.17, 15) is 9.90 Å². The van der Waals surface area contributed by atoms with Gasteiger partial charge in [-0.2, -0.15) is 0 Å². The van der Waals surface area contributed by atoms with Crippen molar-refractivity contribution in [1.29, 1.82) is 0 Å². The molecule has 0 unspecified atom stereocenters. The van der Waals surface area contributed by atoms with Gasteiger partial charge in [-0.15, -0.1) is 0 Å². The van der Waals surface area contributed by atoms with Crippen LogP contribution >= 0.6 is 0 Å². The molecule has 0 bridgehead atoms. The average Bonchev–Trinajstić information content (AvgIpc) is 2.74. The molecule has 0 saturated heterocycles. The molecule has 0 atom stereocenters. The second kappa shape index (κ2) is 5.19. The molecule has 2 rings (SSSR count). The van der Waals surface area contributed by atoms with Crippen molar-refractivity contribution < 1.29 is 14.6 Å². The first-order chi connectivity index (χ1) is 9.40. The number of benzene rings is 1. The van der Waals surface area contributed by atoms with Crippen LogP contribution in [0.5, 0.6) is 5.75 Å². The van der Waals surface area contributed by atoms with Gasteiger partial charge in [0.05, 0.1) is 18.0 Å². The lowest BCUT2D eigenvalue weighted by Gasteiger charge is -2.20. The van der Waals surface area contributed by atoms with Crippen LogP contribution in [-0.2, 0) is 17.8 Å². The number of carboxylic acids is 1. The Hall–Kier alpha value is -1.97. The summed E-state index contributed by atoms with van der Waals surface area (Å²) in [5.41, 5.74) is 1.33. The largest absolute Gasteiger partial charge is 0.496 e. The maximum absolute atomic E-state index is 11.3. The van der Waals surface area contributed by atoms with Gasteiger partial charge in [0.15, 0.2) is 0 Å². The lowest BCUT2D eigenvalue weighted by atomic mass is 9.88. The zero-order valence-electron chi connectivity index (χ0n) is 12.4. The molecule has 0 aliphatic rings. The van der Waals surface area contributed by atoms with Crippen LogP contribution in [0.2, 0.25) is 0 Å². The maximum Gasteiger partial charge on any atom is 0.309 e. The number of carbonyl (C=O) groups is 1. The fourth-order valence-electron chi connectivity index (χ4n) is 2.54. The van der Waals surface area contributed by atoms with E-state index in [1.165, 1.54) is 0 Å². The van der Waals surface area contributed by atoms with Gasteiger partial charge in [0.25, 0.3) is 0 Å². The molecule has 0 fully saturated rings. The molecule has 108 valence electrons. The van der Waals surface area contributed by atoms with Crippen LogP contribution in [0.3, 0.4) is 0 Å². The Morgan fingerprint density at radius 1 is 1.40 bits per heavy atom. The highest BCUT2D eigenvalue weighted by Crippen LogP contribution is 2.32. The van der Waals surface area contributed by atoms with Gasteiger partial charge in [-0.1, -0.05) is 6.07 Å². The first kappa shape index (κ1) is 14.4. The SMILES string of the molecule is CCn1c(CC(C)(C)C(=O)O)cc2c(OC)cccc21. The van der Waals surface area contributed by atoms with E-state index < -0.39 is 11.4 Å². The summed E-state index contributed by atoms with van der Waals surface area (Å²) in [6.45, 7) is 6.38. The topological polar surface area (TPSA) is 51.5 Å². The lowest BCUT2D eigenvalue weighted by molar-refractivity contribution is -0.146. The van der Waals surface area contributed by atoms with Gasteiger partial charge >= 0.3 is 5.97 Å². The van der Waals surface area contributed by atoms with E-state index in [0.29, 0.717) is 6.42 Å². The molecule has 20 heavy (non-hydrogen) atoms. The first-order valence-corrected chi connectivity index (χ1v) is 6.79. The number of rotatable bonds is 5. The highest BCUT2D eigenvalue weighted by Gasteiger charge is 2.29. The van der Waals surface area contributed by atoms with Crippen LogP contribution in [-0.4, -0.2) is 22.8 Å². The van der Waals surface area contributed by atoms with E-state index in [-0.39, 0.29) is 0 Å². The molecule has 0 saturated carbocycles. The maximum atomic E-state index is 11.3. The molecule has 1 heterocycles. The molecule has 2 aromatic rings. The quantitative estimate of drug-likeness (QED) is 0.910. The Balaban J connectivity index is 2.56. The first-order valence-electron chi connectivity index (χ1n) is 6.79. The third-order valence-corrected chi connectivity index (χ3v) is 3.73. The molecule has 1 aromatic carbocycles. The van der Waals surface area contributed by atoms with Crippen LogP contribution in [0, 0.1) is 5.41 Å². The average molecular weight is 275 g/mol. The number of fused-ring (bicyclic) bond motifs is 1. The Morgan fingerprint density at radius 3 is 2.65 bits per heavy atom. The molecule has 0 aliphatic heterocycles. The molecule has 4 heteroatoms. The highest BCUT2D eigenvalue weighted by molar-refractivity contribution is 5.87. The molecule has 1 N–H and O–H groups in total. The van der Waals surface area contributed by atoms with Crippen LogP contribution in [0.1, 0.15) is 26.5 Å². The number of aliphatic carboxylic acids is 1. The lowest BCUT2D eigenvalue weighted by Crippen LogP contribution is -2.27. The fourth-order valence-corrected chi connectivity index (χ4v) is 2.54. The monoisotopic (exact) mass is 275 g/mol. The summed E-state index contributed by atoms with van der Waals surface area (Å²) < 4.78 is 7.54. The van der Waals surface area contributed by atoms with Crippen molar-refractivity contribution in [2.75, 3.05) is 7.11 Å². The van der Waals surface area contributed by atoms with Gasteiger partial charge in [-0.25, -0.2) is 0 Å². The normalized spacial score (nSPS) is 11.8. The number of aromatic nitrogens is 1. The van der Waals surface area contributed by atoms with E-state index in [0.717, 1.165) is 28.9 Å². The summed E-state index contributed by atoms with van der Waals surface area (Å²) in [4.78, 5) is 11.3. The summed E-state index contributed by atoms with van der Waals surface area (Å²) >= 11 is 0. The summed E-state index contributed by atoms with van der Waals surface area (Å²) in [6.07, 6.45) is 0.494. The standard InChI is InChI=1S/C16H21NO3/c1-5-17-11(10-16(2,3)15(18)19)9-12-13(17)7-6-8-14(12)20-4/h6-9H,5,10H2,1-4H3,(H,18,19). The van der Waals surface area contributed by atoms with E-state index in [1.54, 1.807) is 21.0 Å². The zero-order chi connectivity index (χ0) is 14.9. The Bertz CT molecular complexity index is 640. The minimum absolute atomic E-state index is 0.494. The molecule has 0 amide bonds. The molecule has 0 radical (unpaired) electrons. The summed E-state index contributed by atoms with van der Waals surface area (Å²) in [5.74, 6) is 0.0430. The van der Waals surface area contributed by atoms with Crippen molar-refractivity contribution in [3.05, 3.63) is 30.0 Å². The van der Waals surface area contributed by atoms with Crippen LogP contribution in [0.4, 0.5) is 0 Å². The van der Waals surface area contributed by atoms with E-state index in [4.69, 9.17) is 4.74 Å². The van der Waals surface area contributed by atoms with E-state index in [2.05, 4.69) is 11.5 Å². The molecule has 0 aliphatic carbocycles. The number of nitrogens with zero attached hydrogens (tertiary/aromatic N) is 1. The number of methoxy groups -OCH3 is 1. The molecule has 1 aromatic heterocycles. The highest BCUT2D eigenvalue weighted by atomic mass is 16.5. The van der Waals surface area contributed by atoms with Crippen LogP contribution in [0.25, 0.3) is 10.9 Å². The number of ether oxygens (including phenoxy) is 1. The fraction of sp³-hybridized carbons (Fsp3) is 0.438. The zero-order valence-corrected chi connectivity index (χ0v) is 12.4. The molecule has 0 spiro atoms. The van der Waals surface area contributed by atoms with Gasteiger partial charge in [0, 0.05) is 24.0 Å². The number of hydrogen-bond acceptors (Lipinski definition) is 2. The van der Waals surface area contributed by atoms with Crippen molar-refractivity contribution in [1.82, 2.24) is 4.57 Å². The predicted octanol–water partition coefficient (Wildman–Crippen LogP) is 3.32. The summed E-state index contributed by atoms with van der Waals surface area (Å²) in [5, 5.41) is 10.3. The van der Waals surface area contributed by atoms with Crippen molar-refractivity contribution in [2.45, 2.75) is 33.7 Å². The third kappa shape index (κ3) is 2.38. The minimum atomic E-state index is -0.783.